The highest BCUT2D eigenvalue weighted by Gasteiger charge is 2.14. The molecule has 0 unspecified atom stereocenters. The highest BCUT2D eigenvalue weighted by molar-refractivity contribution is 6.42. The maximum absolute atomic E-state index is 5.99. The number of morpholine rings is 1. The first-order chi connectivity index (χ1) is 10.2. The molecular weight excluding hydrogens is 313 g/mol. The number of nitrogens with one attached hydrogen (secondary N) is 1. The Morgan fingerprint density at radius 3 is 2.71 bits per heavy atom. The van der Waals surface area contributed by atoms with Crippen molar-refractivity contribution >= 4 is 40.7 Å². The van der Waals surface area contributed by atoms with Crippen molar-refractivity contribution in [3.8, 4) is 0 Å². The van der Waals surface area contributed by atoms with Gasteiger partial charge in [0.1, 0.15) is 0 Å². The molecule has 0 aliphatic carbocycles. The number of hydrogen-bond acceptors (Lipinski definition) is 6. The van der Waals surface area contributed by atoms with E-state index in [2.05, 4.69) is 20.5 Å². The van der Waals surface area contributed by atoms with Crippen LogP contribution >= 0.6 is 23.2 Å². The summed E-state index contributed by atoms with van der Waals surface area (Å²) in [6.07, 6.45) is 1.56. The number of anilines is 3. The van der Waals surface area contributed by atoms with Crippen molar-refractivity contribution in [2.75, 3.05) is 36.5 Å². The van der Waals surface area contributed by atoms with Crippen LogP contribution in [0, 0.1) is 0 Å². The van der Waals surface area contributed by atoms with Gasteiger partial charge < -0.3 is 15.0 Å². The van der Waals surface area contributed by atoms with Crippen molar-refractivity contribution in [3.05, 3.63) is 34.4 Å². The van der Waals surface area contributed by atoms with Crippen LogP contribution in [0.25, 0.3) is 0 Å². The molecule has 1 saturated heterocycles. The van der Waals surface area contributed by atoms with E-state index in [0.29, 0.717) is 35.0 Å². The van der Waals surface area contributed by atoms with Crippen molar-refractivity contribution in [3.63, 3.8) is 0 Å². The van der Waals surface area contributed by atoms with Gasteiger partial charge in [-0.05, 0) is 18.2 Å². The van der Waals surface area contributed by atoms with Crippen LogP contribution in [0.1, 0.15) is 0 Å². The lowest BCUT2D eigenvalue weighted by atomic mass is 10.3. The van der Waals surface area contributed by atoms with E-state index in [1.807, 2.05) is 11.0 Å². The first-order valence-corrected chi connectivity index (χ1v) is 7.22. The summed E-state index contributed by atoms with van der Waals surface area (Å²) in [6.45, 7) is 2.87. The van der Waals surface area contributed by atoms with Gasteiger partial charge in [0.15, 0.2) is 5.82 Å². The van der Waals surface area contributed by atoms with E-state index < -0.39 is 0 Å². The Balaban J connectivity index is 1.77. The lowest BCUT2D eigenvalue weighted by Crippen LogP contribution is -2.37. The van der Waals surface area contributed by atoms with Crippen molar-refractivity contribution in [1.82, 2.24) is 15.2 Å². The van der Waals surface area contributed by atoms with Gasteiger partial charge in [-0.15, -0.1) is 5.10 Å². The van der Waals surface area contributed by atoms with Gasteiger partial charge in [-0.1, -0.05) is 23.2 Å². The van der Waals surface area contributed by atoms with Crippen LogP contribution in [0.2, 0.25) is 10.0 Å². The normalized spacial score (nSPS) is 15.0. The summed E-state index contributed by atoms with van der Waals surface area (Å²) in [4.78, 5) is 6.49. The zero-order valence-electron chi connectivity index (χ0n) is 11.1. The Bertz CT molecular complexity index is 634. The van der Waals surface area contributed by atoms with Crippen molar-refractivity contribution < 1.29 is 4.74 Å². The average Bonchev–Trinajstić information content (AvgIpc) is 2.52. The van der Waals surface area contributed by atoms with Crippen molar-refractivity contribution in [2.24, 2.45) is 0 Å². The molecule has 8 heteroatoms. The summed E-state index contributed by atoms with van der Waals surface area (Å²) < 4.78 is 5.31. The first-order valence-electron chi connectivity index (χ1n) is 6.47. The predicted molar refractivity (Wildman–Crippen MR) is 82.6 cm³/mol. The Labute approximate surface area is 132 Å². The molecule has 3 rings (SSSR count). The van der Waals surface area contributed by atoms with E-state index in [1.54, 1.807) is 18.3 Å². The third-order valence-corrected chi connectivity index (χ3v) is 3.77. The zero-order chi connectivity index (χ0) is 14.7. The molecule has 1 aliphatic rings. The van der Waals surface area contributed by atoms with E-state index in [0.717, 1.165) is 18.8 Å². The second kappa shape index (κ2) is 6.43. The van der Waals surface area contributed by atoms with Gasteiger partial charge in [-0.25, -0.2) is 0 Å². The van der Waals surface area contributed by atoms with Gasteiger partial charge in [0.2, 0.25) is 5.95 Å². The largest absolute Gasteiger partial charge is 0.378 e. The molecule has 2 aromatic rings. The van der Waals surface area contributed by atoms with Crippen LogP contribution < -0.4 is 10.2 Å². The number of halogens is 2. The summed E-state index contributed by atoms with van der Waals surface area (Å²) in [5.74, 6) is 1.19. The van der Waals surface area contributed by atoms with E-state index in [1.165, 1.54) is 0 Å². The highest BCUT2D eigenvalue weighted by atomic mass is 35.5. The van der Waals surface area contributed by atoms with Crippen LogP contribution in [0.5, 0.6) is 0 Å². The third-order valence-electron chi connectivity index (χ3n) is 3.03. The molecule has 0 saturated carbocycles. The topological polar surface area (TPSA) is 63.2 Å². The third kappa shape index (κ3) is 3.53. The fraction of sp³-hybridized carbons (Fsp3) is 0.308. The molecule has 0 spiro atoms. The van der Waals surface area contributed by atoms with Crippen LogP contribution in [0.3, 0.4) is 0 Å². The quantitative estimate of drug-likeness (QED) is 0.936. The molecule has 0 amide bonds. The lowest BCUT2D eigenvalue weighted by molar-refractivity contribution is 0.122. The number of rotatable bonds is 3. The Kier molecular flexibility index (Phi) is 4.38. The summed E-state index contributed by atoms with van der Waals surface area (Å²) in [6, 6.07) is 5.29. The molecule has 6 nitrogen and oxygen atoms in total. The number of benzene rings is 1. The maximum Gasteiger partial charge on any atom is 0.247 e. The monoisotopic (exact) mass is 325 g/mol. The average molecular weight is 326 g/mol. The summed E-state index contributed by atoms with van der Waals surface area (Å²) in [7, 11) is 0. The smallest absolute Gasteiger partial charge is 0.247 e. The standard InChI is InChI=1S/C13H13Cl2N5O/c14-10-2-1-9(7-11(10)15)17-12-8-16-19-13(18-12)20-3-5-21-6-4-20/h1-2,7-8H,3-6H2,(H,17,18,19). The van der Waals surface area contributed by atoms with Crippen LogP contribution in [-0.4, -0.2) is 41.5 Å². The summed E-state index contributed by atoms with van der Waals surface area (Å²) in [5, 5.41) is 12.2. The molecule has 1 N–H and O–H groups in total. The van der Waals surface area contributed by atoms with Gasteiger partial charge in [-0.2, -0.15) is 10.1 Å². The second-order valence-electron chi connectivity index (χ2n) is 4.49. The first kappa shape index (κ1) is 14.3. The molecule has 1 aromatic heterocycles. The molecule has 1 fully saturated rings. The van der Waals surface area contributed by atoms with E-state index >= 15 is 0 Å². The molecule has 21 heavy (non-hydrogen) atoms. The molecular formula is C13H13Cl2N5O. The summed E-state index contributed by atoms with van der Waals surface area (Å²) in [5.41, 5.74) is 0.790. The maximum atomic E-state index is 5.99. The minimum atomic E-state index is 0.483. The van der Waals surface area contributed by atoms with Gasteiger partial charge in [-0.3, -0.25) is 0 Å². The number of ether oxygens (including phenoxy) is 1. The SMILES string of the molecule is Clc1ccc(Nc2cnnc(N3CCOCC3)n2)cc1Cl. The fourth-order valence-electron chi connectivity index (χ4n) is 1.97. The molecule has 1 aliphatic heterocycles. The Morgan fingerprint density at radius 2 is 1.95 bits per heavy atom. The molecule has 0 bridgehead atoms. The molecule has 2 heterocycles. The summed E-state index contributed by atoms with van der Waals surface area (Å²) >= 11 is 11.9. The fourth-order valence-corrected chi connectivity index (χ4v) is 2.27. The molecule has 0 radical (unpaired) electrons. The lowest BCUT2D eigenvalue weighted by Gasteiger charge is -2.26. The highest BCUT2D eigenvalue weighted by Crippen LogP contribution is 2.26. The number of nitrogens with zero attached hydrogens (tertiary/aromatic N) is 4. The van der Waals surface area contributed by atoms with Crippen LogP contribution in [-0.2, 0) is 4.74 Å². The minimum Gasteiger partial charge on any atom is -0.378 e. The minimum absolute atomic E-state index is 0.483. The zero-order valence-corrected chi connectivity index (χ0v) is 12.6. The van der Waals surface area contributed by atoms with Gasteiger partial charge in [0.05, 0.1) is 29.5 Å². The Hall–Kier alpha value is -1.63. The van der Waals surface area contributed by atoms with Crippen molar-refractivity contribution in [2.45, 2.75) is 0 Å². The molecule has 1 aromatic carbocycles. The van der Waals surface area contributed by atoms with Crippen LogP contribution in [0.4, 0.5) is 17.5 Å². The van der Waals surface area contributed by atoms with E-state index in [-0.39, 0.29) is 0 Å². The number of aromatic nitrogens is 3. The van der Waals surface area contributed by atoms with E-state index in [9.17, 15) is 0 Å². The number of hydrogen-bond donors (Lipinski definition) is 1. The molecule has 0 atom stereocenters. The van der Waals surface area contributed by atoms with Crippen molar-refractivity contribution in [1.29, 1.82) is 0 Å². The van der Waals surface area contributed by atoms with E-state index in [4.69, 9.17) is 27.9 Å². The Morgan fingerprint density at radius 1 is 1.14 bits per heavy atom. The van der Waals surface area contributed by atoms with Crippen LogP contribution in [0.15, 0.2) is 24.4 Å². The molecule has 110 valence electrons. The van der Waals surface area contributed by atoms with Gasteiger partial charge >= 0.3 is 0 Å². The van der Waals surface area contributed by atoms with Gasteiger partial charge in [0.25, 0.3) is 0 Å². The second-order valence-corrected chi connectivity index (χ2v) is 5.31. The van der Waals surface area contributed by atoms with Gasteiger partial charge in [0, 0.05) is 18.8 Å². The predicted octanol–water partition coefficient (Wildman–Crippen LogP) is 2.76.